The first kappa shape index (κ1) is 21.9. The molecule has 0 saturated heterocycles. The molecule has 3 aromatic rings. The van der Waals surface area contributed by atoms with E-state index in [0.717, 1.165) is 22.0 Å². The van der Waals surface area contributed by atoms with Crippen molar-refractivity contribution in [3.8, 4) is 0 Å². The third-order valence-electron chi connectivity index (χ3n) is 4.94. The van der Waals surface area contributed by atoms with E-state index < -0.39 is 10.0 Å². The van der Waals surface area contributed by atoms with Crippen LogP contribution in [-0.4, -0.2) is 39.1 Å². The van der Waals surface area contributed by atoms with Gasteiger partial charge in [-0.3, -0.25) is 0 Å². The number of hydrogen-bond donors (Lipinski definition) is 4. The molecule has 0 spiro atoms. The molecule has 160 valence electrons. The Morgan fingerprint density at radius 1 is 0.933 bits per heavy atom. The highest BCUT2D eigenvalue weighted by Gasteiger charge is 2.16. The SMILES string of the molecule is Cc1ccc(C)c(S(=O)(=O)NCCNC(=O)NCCc2c[nH]c3cc(C)ccc23)c1. The quantitative estimate of drug-likeness (QED) is 0.415. The second-order valence-electron chi connectivity index (χ2n) is 7.46. The number of urea groups is 1. The van der Waals surface area contributed by atoms with Gasteiger partial charge in [0.05, 0.1) is 4.90 Å². The molecule has 0 unspecified atom stereocenters. The molecule has 1 heterocycles. The van der Waals surface area contributed by atoms with Gasteiger partial charge in [-0.05, 0) is 61.6 Å². The van der Waals surface area contributed by atoms with Gasteiger partial charge in [-0.25, -0.2) is 17.9 Å². The molecule has 4 N–H and O–H groups in total. The maximum atomic E-state index is 12.4. The number of carbonyl (C=O) groups excluding carboxylic acids is 1. The predicted octanol–water partition coefficient (Wildman–Crippen LogP) is 2.91. The number of amides is 2. The van der Waals surface area contributed by atoms with Crippen molar-refractivity contribution < 1.29 is 13.2 Å². The van der Waals surface area contributed by atoms with E-state index in [0.29, 0.717) is 18.5 Å². The average molecular weight is 429 g/mol. The van der Waals surface area contributed by atoms with Crippen LogP contribution in [0.15, 0.2) is 47.5 Å². The highest BCUT2D eigenvalue weighted by atomic mass is 32.2. The summed E-state index contributed by atoms with van der Waals surface area (Å²) >= 11 is 0. The average Bonchev–Trinajstić information content (AvgIpc) is 3.09. The normalized spacial score (nSPS) is 11.6. The number of hydrogen-bond acceptors (Lipinski definition) is 3. The smallest absolute Gasteiger partial charge is 0.314 e. The molecule has 30 heavy (non-hydrogen) atoms. The first-order chi connectivity index (χ1) is 14.3. The molecule has 0 saturated carbocycles. The summed E-state index contributed by atoms with van der Waals surface area (Å²) in [6.45, 7) is 6.46. The number of fused-ring (bicyclic) bond motifs is 1. The summed E-state index contributed by atoms with van der Waals surface area (Å²) in [4.78, 5) is 15.5. The highest BCUT2D eigenvalue weighted by Crippen LogP contribution is 2.19. The van der Waals surface area contributed by atoms with Gasteiger partial charge in [0.25, 0.3) is 0 Å². The van der Waals surface area contributed by atoms with Crippen molar-refractivity contribution in [2.45, 2.75) is 32.1 Å². The van der Waals surface area contributed by atoms with Crippen LogP contribution in [0.2, 0.25) is 0 Å². The molecule has 0 aliphatic heterocycles. The Morgan fingerprint density at radius 3 is 2.43 bits per heavy atom. The molecular formula is C22H28N4O3S. The van der Waals surface area contributed by atoms with Gasteiger partial charge in [-0.1, -0.05) is 24.3 Å². The minimum Gasteiger partial charge on any atom is -0.361 e. The lowest BCUT2D eigenvalue weighted by molar-refractivity contribution is 0.241. The van der Waals surface area contributed by atoms with E-state index in [9.17, 15) is 13.2 Å². The molecule has 3 rings (SSSR count). The summed E-state index contributed by atoms with van der Waals surface area (Å²) in [5.74, 6) is 0. The molecule has 0 atom stereocenters. The zero-order valence-electron chi connectivity index (χ0n) is 17.5. The van der Waals surface area contributed by atoms with Crippen molar-refractivity contribution in [3.63, 3.8) is 0 Å². The molecule has 1 aromatic heterocycles. The van der Waals surface area contributed by atoms with E-state index in [-0.39, 0.29) is 24.0 Å². The summed E-state index contributed by atoms with van der Waals surface area (Å²) in [7, 11) is -3.61. The number of aromatic nitrogens is 1. The van der Waals surface area contributed by atoms with Crippen LogP contribution >= 0.6 is 0 Å². The number of benzene rings is 2. The fourth-order valence-corrected chi connectivity index (χ4v) is 4.68. The fraction of sp³-hybridized carbons (Fsp3) is 0.318. The molecule has 0 radical (unpaired) electrons. The van der Waals surface area contributed by atoms with Crippen molar-refractivity contribution in [2.24, 2.45) is 0 Å². The maximum Gasteiger partial charge on any atom is 0.314 e. The molecule has 0 aliphatic carbocycles. The first-order valence-electron chi connectivity index (χ1n) is 9.91. The predicted molar refractivity (Wildman–Crippen MR) is 119 cm³/mol. The summed E-state index contributed by atoms with van der Waals surface area (Å²) < 4.78 is 27.4. The van der Waals surface area contributed by atoms with Crippen molar-refractivity contribution in [2.75, 3.05) is 19.6 Å². The van der Waals surface area contributed by atoms with Crippen LogP contribution < -0.4 is 15.4 Å². The maximum absolute atomic E-state index is 12.4. The van der Waals surface area contributed by atoms with Crippen LogP contribution in [0.3, 0.4) is 0 Å². The number of sulfonamides is 1. The third kappa shape index (κ3) is 5.40. The first-order valence-corrected chi connectivity index (χ1v) is 11.4. The van der Waals surface area contributed by atoms with Crippen molar-refractivity contribution in [1.82, 2.24) is 20.3 Å². The molecule has 8 heteroatoms. The van der Waals surface area contributed by atoms with Crippen LogP contribution in [0.1, 0.15) is 22.3 Å². The molecule has 0 aliphatic rings. The largest absolute Gasteiger partial charge is 0.361 e. The lowest BCUT2D eigenvalue weighted by Crippen LogP contribution is -2.41. The van der Waals surface area contributed by atoms with Crippen molar-refractivity contribution in [3.05, 3.63) is 64.8 Å². The van der Waals surface area contributed by atoms with E-state index in [1.807, 2.05) is 26.1 Å². The number of aromatic amines is 1. The number of aryl methyl sites for hydroxylation is 3. The van der Waals surface area contributed by atoms with Crippen molar-refractivity contribution >= 4 is 27.0 Å². The molecule has 2 amide bonds. The van der Waals surface area contributed by atoms with E-state index in [4.69, 9.17) is 0 Å². The molecule has 2 aromatic carbocycles. The van der Waals surface area contributed by atoms with Gasteiger partial charge < -0.3 is 15.6 Å². The van der Waals surface area contributed by atoms with Gasteiger partial charge >= 0.3 is 6.03 Å². The summed E-state index contributed by atoms with van der Waals surface area (Å²) in [5, 5.41) is 6.63. The summed E-state index contributed by atoms with van der Waals surface area (Å²) in [5.41, 5.74) is 4.99. The Bertz CT molecular complexity index is 1150. The lowest BCUT2D eigenvalue weighted by atomic mass is 10.1. The Morgan fingerprint density at radius 2 is 1.63 bits per heavy atom. The van der Waals surface area contributed by atoms with Gasteiger partial charge in [0.1, 0.15) is 0 Å². The van der Waals surface area contributed by atoms with Gasteiger partial charge in [-0.2, -0.15) is 0 Å². The van der Waals surface area contributed by atoms with E-state index in [1.54, 1.807) is 19.1 Å². The molecule has 0 bridgehead atoms. The summed E-state index contributed by atoms with van der Waals surface area (Å²) in [6, 6.07) is 11.2. The Kier molecular flexibility index (Phi) is 6.79. The second-order valence-corrected chi connectivity index (χ2v) is 9.20. The van der Waals surface area contributed by atoms with Crippen LogP contribution in [0.5, 0.6) is 0 Å². The number of carbonyl (C=O) groups is 1. The van der Waals surface area contributed by atoms with E-state index >= 15 is 0 Å². The van der Waals surface area contributed by atoms with Crippen LogP contribution in [0.25, 0.3) is 10.9 Å². The molecule has 7 nitrogen and oxygen atoms in total. The highest BCUT2D eigenvalue weighted by molar-refractivity contribution is 7.89. The van der Waals surface area contributed by atoms with Gasteiger partial charge in [0, 0.05) is 36.7 Å². The zero-order chi connectivity index (χ0) is 21.7. The minimum absolute atomic E-state index is 0.116. The monoisotopic (exact) mass is 428 g/mol. The van der Waals surface area contributed by atoms with Gasteiger partial charge in [-0.15, -0.1) is 0 Å². The number of rotatable bonds is 8. The second kappa shape index (κ2) is 9.32. The van der Waals surface area contributed by atoms with E-state index in [1.165, 1.54) is 5.56 Å². The molecular weight excluding hydrogens is 400 g/mol. The van der Waals surface area contributed by atoms with Gasteiger partial charge in [0.15, 0.2) is 0 Å². The Balaban J connectivity index is 1.41. The standard InChI is InChI=1S/C22H28N4O3S/c1-15-5-7-19-18(14-25-20(19)12-15)8-9-23-22(27)24-10-11-26-30(28,29)21-13-16(2)4-6-17(21)3/h4-7,12-14,25-26H,8-11H2,1-3H3,(H2,23,24,27). The van der Waals surface area contributed by atoms with Gasteiger partial charge in [0.2, 0.25) is 10.0 Å². The Labute approximate surface area is 177 Å². The molecule has 0 fully saturated rings. The van der Waals surface area contributed by atoms with Crippen molar-refractivity contribution in [1.29, 1.82) is 0 Å². The third-order valence-corrected chi connectivity index (χ3v) is 6.54. The van der Waals surface area contributed by atoms with Crippen LogP contribution in [0, 0.1) is 20.8 Å². The van der Waals surface area contributed by atoms with E-state index in [2.05, 4.69) is 38.5 Å². The zero-order valence-corrected chi connectivity index (χ0v) is 18.3. The topological polar surface area (TPSA) is 103 Å². The number of H-pyrrole nitrogens is 1. The Hall–Kier alpha value is -2.84. The van der Waals surface area contributed by atoms with Crippen LogP contribution in [0.4, 0.5) is 4.79 Å². The minimum atomic E-state index is -3.61. The summed E-state index contributed by atoms with van der Waals surface area (Å²) in [6.07, 6.45) is 2.67. The van der Waals surface area contributed by atoms with Crippen LogP contribution in [-0.2, 0) is 16.4 Å². The number of nitrogens with one attached hydrogen (secondary N) is 4. The fourth-order valence-electron chi connectivity index (χ4n) is 3.32. The lowest BCUT2D eigenvalue weighted by Gasteiger charge is -2.11.